The van der Waals surface area contributed by atoms with Gasteiger partial charge in [0.15, 0.2) is 0 Å². The monoisotopic (exact) mass is 272 g/mol. The van der Waals surface area contributed by atoms with Gasteiger partial charge in [0.1, 0.15) is 0 Å². The zero-order valence-corrected chi connectivity index (χ0v) is 11.1. The van der Waals surface area contributed by atoms with E-state index in [4.69, 9.17) is 16.3 Å². The van der Waals surface area contributed by atoms with Gasteiger partial charge < -0.3 is 9.64 Å². The lowest BCUT2D eigenvalue weighted by Gasteiger charge is -2.28. The zero-order valence-electron chi connectivity index (χ0n) is 10.4. The Morgan fingerprint density at radius 3 is 2.89 bits per heavy atom. The molecule has 1 aromatic heterocycles. The van der Waals surface area contributed by atoms with Crippen LogP contribution >= 0.6 is 11.6 Å². The quantitative estimate of drug-likeness (QED) is 0.790. The summed E-state index contributed by atoms with van der Waals surface area (Å²) in [5.74, 6) is 0.124. The summed E-state index contributed by atoms with van der Waals surface area (Å²) in [5, 5.41) is 4.67. The van der Waals surface area contributed by atoms with E-state index in [1.165, 1.54) is 0 Å². The van der Waals surface area contributed by atoms with Crippen LogP contribution in [0.2, 0.25) is 5.02 Å². The largest absolute Gasteiger partial charge is 0.378 e. The van der Waals surface area contributed by atoms with E-state index in [1.807, 2.05) is 16.8 Å². The molecule has 0 saturated carbocycles. The normalized spacial score (nSPS) is 16.3. The Kier molecular flexibility index (Phi) is 4.57. The van der Waals surface area contributed by atoms with Crippen LogP contribution < -0.4 is 0 Å². The van der Waals surface area contributed by atoms with Crippen molar-refractivity contribution >= 4 is 17.5 Å². The summed E-state index contributed by atoms with van der Waals surface area (Å²) in [6.07, 6.45) is 3.32. The maximum Gasteiger partial charge on any atom is 0.236 e. The molecule has 1 aliphatic heterocycles. The van der Waals surface area contributed by atoms with Crippen LogP contribution in [0.15, 0.2) is 12.4 Å². The van der Waals surface area contributed by atoms with E-state index >= 15 is 0 Å². The first-order valence-corrected chi connectivity index (χ1v) is 6.25. The van der Waals surface area contributed by atoms with Gasteiger partial charge in [-0.05, 0) is 7.05 Å². The van der Waals surface area contributed by atoms with Gasteiger partial charge in [0, 0.05) is 19.3 Å². The number of hydrogen-bond donors (Lipinski definition) is 0. The minimum absolute atomic E-state index is 0.124. The van der Waals surface area contributed by atoms with Crippen LogP contribution in [0.1, 0.15) is 0 Å². The molecule has 18 heavy (non-hydrogen) atoms. The number of rotatable bonds is 4. The third kappa shape index (κ3) is 3.69. The fourth-order valence-corrected chi connectivity index (χ4v) is 2.01. The van der Waals surface area contributed by atoms with Crippen molar-refractivity contribution in [1.82, 2.24) is 19.6 Å². The molecule has 0 aliphatic carbocycles. The maximum atomic E-state index is 12.0. The van der Waals surface area contributed by atoms with Crippen molar-refractivity contribution < 1.29 is 9.53 Å². The minimum Gasteiger partial charge on any atom is -0.378 e. The molecular weight excluding hydrogens is 256 g/mol. The number of halogens is 1. The third-order valence-corrected chi connectivity index (χ3v) is 2.95. The summed E-state index contributed by atoms with van der Waals surface area (Å²) in [6.45, 7) is 3.54. The van der Waals surface area contributed by atoms with E-state index in [2.05, 4.69) is 5.10 Å². The average molecular weight is 273 g/mol. The van der Waals surface area contributed by atoms with Gasteiger partial charge in [-0.1, -0.05) is 11.6 Å². The van der Waals surface area contributed by atoms with Gasteiger partial charge in [0.25, 0.3) is 0 Å². The number of likely N-dealkylation sites (N-methyl/N-ethyl adjacent to an activating group) is 1. The second-order valence-corrected chi connectivity index (χ2v) is 4.78. The molecule has 1 aromatic rings. The highest BCUT2D eigenvalue weighted by Crippen LogP contribution is 2.05. The molecule has 0 N–H and O–H groups in total. The number of carbonyl (C=O) groups is 1. The number of nitrogens with zero attached hydrogens (tertiary/aromatic N) is 4. The van der Waals surface area contributed by atoms with Crippen LogP contribution in [0.3, 0.4) is 0 Å². The van der Waals surface area contributed by atoms with Crippen LogP contribution in [-0.2, 0) is 16.2 Å². The van der Waals surface area contributed by atoms with Crippen LogP contribution in [0, 0.1) is 0 Å². The second-order valence-electron chi connectivity index (χ2n) is 4.35. The van der Waals surface area contributed by atoms with E-state index < -0.39 is 0 Å². The van der Waals surface area contributed by atoms with E-state index in [0.29, 0.717) is 44.5 Å². The number of ether oxygens (including phenoxy) is 1. The van der Waals surface area contributed by atoms with Crippen molar-refractivity contribution in [1.29, 1.82) is 0 Å². The Morgan fingerprint density at radius 2 is 2.28 bits per heavy atom. The molecule has 7 heteroatoms. The number of morpholine rings is 1. The molecule has 100 valence electrons. The highest BCUT2D eigenvalue weighted by molar-refractivity contribution is 6.30. The number of hydrogen-bond acceptors (Lipinski definition) is 4. The molecule has 2 rings (SSSR count). The van der Waals surface area contributed by atoms with E-state index in [-0.39, 0.29) is 5.91 Å². The molecule has 0 radical (unpaired) electrons. The van der Waals surface area contributed by atoms with Crippen molar-refractivity contribution in [3.05, 3.63) is 17.4 Å². The molecule has 1 fully saturated rings. The van der Waals surface area contributed by atoms with Gasteiger partial charge in [-0.2, -0.15) is 5.10 Å². The summed E-state index contributed by atoms with van der Waals surface area (Å²) in [4.78, 5) is 15.7. The molecule has 0 bridgehead atoms. The molecule has 0 atom stereocenters. The Hall–Kier alpha value is -1.11. The summed E-state index contributed by atoms with van der Waals surface area (Å²) >= 11 is 5.78. The molecule has 2 heterocycles. The molecule has 6 nitrogen and oxygen atoms in total. The van der Waals surface area contributed by atoms with E-state index in [1.54, 1.807) is 17.1 Å². The summed E-state index contributed by atoms with van der Waals surface area (Å²) in [5.41, 5.74) is 0. The maximum absolute atomic E-state index is 12.0. The van der Waals surface area contributed by atoms with Gasteiger partial charge in [-0.3, -0.25) is 14.4 Å². The molecule has 0 aromatic carbocycles. The first kappa shape index (κ1) is 13.3. The van der Waals surface area contributed by atoms with Crippen molar-refractivity contribution in [3.63, 3.8) is 0 Å². The lowest BCUT2D eigenvalue weighted by Crippen LogP contribution is -2.45. The predicted molar refractivity (Wildman–Crippen MR) is 67.3 cm³/mol. The number of aromatic nitrogens is 2. The Morgan fingerprint density at radius 1 is 1.56 bits per heavy atom. The Labute approximate surface area is 111 Å². The fourth-order valence-electron chi connectivity index (χ4n) is 1.86. The van der Waals surface area contributed by atoms with E-state index in [0.717, 1.165) is 0 Å². The summed E-state index contributed by atoms with van der Waals surface area (Å²) < 4.78 is 6.92. The van der Waals surface area contributed by atoms with Crippen molar-refractivity contribution in [3.8, 4) is 0 Å². The van der Waals surface area contributed by atoms with Crippen molar-refractivity contribution in [2.45, 2.75) is 6.67 Å². The first-order valence-electron chi connectivity index (χ1n) is 5.87. The second kappa shape index (κ2) is 6.17. The Balaban J connectivity index is 1.79. The van der Waals surface area contributed by atoms with Crippen LogP contribution in [0.5, 0.6) is 0 Å². The van der Waals surface area contributed by atoms with Gasteiger partial charge in [-0.25, -0.2) is 0 Å². The molecule has 0 spiro atoms. The molecule has 1 amide bonds. The Bertz CT molecular complexity index is 404. The smallest absolute Gasteiger partial charge is 0.236 e. The molecule has 1 saturated heterocycles. The highest BCUT2D eigenvalue weighted by Gasteiger charge is 2.18. The average Bonchev–Trinajstić information content (AvgIpc) is 2.75. The third-order valence-electron chi connectivity index (χ3n) is 2.76. The lowest BCUT2D eigenvalue weighted by atomic mass is 10.4. The van der Waals surface area contributed by atoms with Gasteiger partial charge in [0.2, 0.25) is 5.91 Å². The zero-order chi connectivity index (χ0) is 13.0. The minimum atomic E-state index is 0.124. The van der Waals surface area contributed by atoms with Gasteiger partial charge >= 0.3 is 0 Å². The number of carbonyl (C=O) groups excluding carboxylic acids is 1. The summed E-state index contributed by atoms with van der Waals surface area (Å²) in [7, 11) is 1.88. The van der Waals surface area contributed by atoms with Crippen LogP contribution in [-0.4, -0.2) is 65.4 Å². The SMILES string of the molecule is CN(CC(=O)N1CCOCC1)Cn1cc(Cl)cn1. The molecule has 1 aliphatic rings. The number of amides is 1. The van der Waals surface area contributed by atoms with Crippen LogP contribution in [0.4, 0.5) is 0 Å². The molecular formula is C11H17ClN4O2. The standard InChI is InChI=1S/C11H17ClN4O2/c1-14(9-16-7-10(12)6-13-16)8-11(17)15-2-4-18-5-3-15/h6-7H,2-5,8-9H2,1H3. The summed E-state index contributed by atoms with van der Waals surface area (Å²) in [6, 6.07) is 0. The first-order chi connectivity index (χ1) is 8.65. The topological polar surface area (TPSA) is 50.6 Å². The predicted octanol–water partition coefficient (Wildman–Crippen LogP) is 0.285. The molecule has 0 unspecified atom stereocenters. The lowest BCUT2D eigenvalue weighted by molar-refractivity contribution is -0.136. The van der Waals surface area contributed by atoms with Crippen LogP contribution in [0.25, 0.3) is 0 Å². The fraction of sp³-hybridized carbons (Fsp3) is 0.636. The van der Waals surface area contributed by atoms with Crippen molar-refractivity contribution in [2.75, 3.05) is 39.9 Å². The van der Waals surface area contributed by atoms with Gasteiger partial charge in [-0.15, -0.1) is 0 Å². The van der Waals surface area contributed by atoms with Crippen molar-refractivity contribution in [2.24, 2.45) is 0 Å². The van der Waals surface area contributed by atoms with Gasteiger partial charge in [0.05, 0.1) is 37.6 Å². The highest BCUT2D eigenvalue weighted by atomic mass is 35.5. The van der Waals surface area contributed by atoms with E-state index in [9.17, 15) is 4.79 Å².